The van der Waals surface area contributed by atoms with Crippen LogP contribution in [0.3, 0.4) is 0 Å². The number of likely N-dealkylation sites (tertiary alicyclic amines) is 3. The van der Waals surface area contributed by atoms with E-state index in [4.69, 9.17) is 0 Å². The first-order valence-corrected chi connectivity index (χ1v) is 9.79. The summed E-state index contributed by atoms with van der Waals surface area (Å²) in [6.45, 7) is 10.7. The molecule has 4 nitrogen and oxygen atoms in total. The third kappa shape index (κ3) is 3.32. The predicted molar refractivity (Wildman–Crippen MR) is 93.6 cm³/mol. The van der Waals surface area contributed by atoms with Crippen LogP contribution in [0.15, 0.2) is 12.1 Å². The Morgan fingerprint density at radius 3 is 2.61 bits per heavy atom. The van der Waals surface area contributed by atoms with E-state index in [1.165, 1.54) is 35.7 Å². The molecule has 126 valence electrons. The van der Waals surface area contributed by atoms with Crippen molar-refractivity contribution in [1.29, 1.82) is 0 Å². The highest BCUT2D eigenvalue weighted by Crippen LogP contribution is 2.33. The summed E-state index contributed by atoms with van der Waals surface area (Å²) < 4.78 is 0. The van der Waals surface area contributed by atoms with Crippen molar-refractivity contribution >= 4 is 17.2 Å². The summed E-state index contributed by atoms with van der Waals surface area (Å²) in [6, 6.07) is 4.43. The quantitative estimate of drug-likeness (QED) is 0.825. The Morgan fingerprint density at radius 2 is 1.91 bits per heavy atom. The summed E-state index contributed by atoms with van der Waals surface area (Å²) in [6.07, 6.45) is 2.66. The summed E-state index contributed by atoms with van der Waals surface area (Å²) in [5, 5.41) is 0. The summed E-state index contributed by atoms with van der Waals surface area (Å²) in [4.78, 5) is 22.6. The van der Waals surface area contributed by atoms with Gasteiger partial charge in [0, 0.05) is 54.9 Å². The Bertz CT molecular complexity index is 566. The van der Waals surface area contributed by atoms with Gasteiger partial charge in [-0.2, -0.15) is 0 Å². The van der Waals surface area contributed by atoms with Gasteiger partial charge < -0.3 is 9.80 Å². The molecule has 0 aliphatic carbocycles. The molecule has 0 radical (unpaired) electrons. The van der Waals surface area contributed by atoms with Gasteiger partial charge in [0.25, 0.3) is 0 Å². The number of nitrogens with zero attached hydrogens (tertiary/aromatic N) is 3. The number of hydrogen-bond acceptors (Lipinski definition) is 4. The molecule has 3 fully saturated rings. The molecule has 0 spiro atoms. The second-order valence-corrected chi connectivity index (χ2v) is 8.78. The third-order valence-electron chi connectivity index (χ3n) is 5.66. The fraction of sp³-hybridized carbons (Fsp3) is 0.722. The van der Waals surface area contributed by atoms with Crippen LogP contribution in [-0.2, 0) is 11.3 Å². The van der Waals surface area contributed by atoms with Crippen LogP contribution in [0, 0.1) is 18.8 Å². The number of thiophene rings is 1. The van der Waals surface area contributed by atoms with Gasteiger partial charge in [-0.05, 0) is 45.0 Å². The van der Waals surface area contributed by atoms with Crippen molar-refractivity contribution in [2.24, 2.45) is 11.8 Å². The lowest BCUT2D eigenvalue weighted by Gasteiger charge is -2.23. The molecule has 0 aromatic carbocycles. The average molecular weight is 334 g/mol. The third-order valence-corrected chi connectivity index (χ3v) is 6.65. The van der Waals surface area contributed by atoms with E-state index in [2.05, 4.69) is 33.8 Å². The van der Waals surface area contributed by atoms with Crippen LogP contribution in [-0.4, -0.2) is 66.4 Å². The van der Waals surface area contributed by atoms with E-state index in [1.807, 2.05) is 11.3 Å². The van der Waals surface area contributed by atoms with Gasteiger partial charge in [0.2, 0.25) is 5.91 Å². The minimum absolute atomic E-state index is 0.259. The van der Waals surface area contributed by atoms with E-state index < -0.39 is 0 Å². The number of carbonyl (C=O) groups is 1. The molecule has 0 bridgehead atoms. The van der Waals surface area contributed by atoms with E-state index in [1.54, 1.807) is 0 Å². The van der Waals surface area contributed by atoms with Crippen molar-refractivity contribution in [3.05, 3.63) is 21.9 Å². The Balaban J connectivity index is 1.28. The standard InChI is InChI=1S/C18H27N3OS/c1-14-4-5-16(23-14)12-20-10-15-11-21(18(22)17(15)13-20)9-8-19-6-2-3-7-19/h4-5,15,17H,2-3,6-13H2,1H3/t15-,17-/m0/s1. The second-order valence-electron chi connectivity index (χ2n) is 7.41. The lowest BCUT2D eigenvalue weighted by atomic mass is 10.0. The first-order chi connectivity index (χ1) is 11.2. The van der Waals surface area contributed by atoms with E-state index in [-0.39, 0.29) is 5.92 Å². The van der Waals surface area contributed by atoms with Crippen LogP contribution in [0.1, 0.15) is 22.6 Å². The normalized spacial score (nSPS) is 28.9. The summed E-state index contributed by atoms with van der Waals surface area (Å²) in [5.74, 6) is 1.23. The Labute approximate surface area is 143 Å². The van der Waals surface area contributed by atoms with Crippen LogP contribution in [0.5, 0.6) is 0 Å². The van der Waals surface area contributed by atoms with Gasteiger partial charge in [-0.3, -0.25) is 9.69 Å². The molecule has 1 amide bonds. The van der Waals surface area contributed by atoms with Gasteiger partial charge in [-0.1, -0.05) is 0 Å². The maximum Gasteiger partial charge on any atom is 0.227 e. The van der Waals surface area contributed by atoms with Gasteiger partial charge >= 0.3 is 0 Å². The highest BCUT2D eigenvalue weighted by Gasteiger charge is 2.45. The molecule has 23 heavy (non-hydrogen) atoms. The van der Waals surface area contributed by atoms with E-state index in [9.17, 15) is 4.79 Å². The number of amides is 1. The van der Waals surface area contributed by atoms with E-state index in [0.717, 1.165) is 39.3 Å². The molecule has 0 unspecified atom stereocenters. The van der Waals surface area contributed by atoms with E-state index in [0.29, 0.717) is 11.8 Å². The van der Waals surface area contributed by atoms with Crippen molar-refractivity contribution in [3.8, 4) is 0 Å². The molecule has 3 aliphatic rings. The Kier molecular flexibility index (Phi) is 4.43. The SMILES string of the molecule is Cc1ccc(CN2C[C@H]3CN(CCN4CCCC4)C(=O)[C@H]3C2)s1. The molecule has 3 saturated heterocycles. The van der Waals surface area contributed by atoms with Crippen molar-refractivity contribution < 1.29 is 4.79 Å². The van der Waals surface area contributed by atoms with Gasteiger partial charge in [-0.25, -0.2) is 0 Å². The topological polar surface area (TPSA) is 26.8 Å². The highest BCUT2D eigenvalue weighted by atomic mass is 32.1. The molecular formula is C18H27N3OS. The number of hydrogen-bond donors (Lipinski definition) is 0. The highest BCUT2D eigenvalue weighted by molar-refractivity contribution is 7.11. The lowest BCUT2D eigenvalue weighted by molar-refractivity contribution is -0.131. The Hall–Kier alpha value is -0.910. The molecule has 4 rings (SSSR count). The molecular weight excluding hydrogens is 306 g/mol. The summed E-state index contributed by atoms with van der Waals surface area (Å²) in [7, 11) is 0. The number of aryl methyl sites for hydroxylation is 1. The van der Waals surface area contributed by atoms with Crippen molar-refractivity contribution in [2.75, 3.05) is 45.8 Å². The average Bonchev–Trinajstić information content (AvgIpc) is 3.27. The van der Waals surface area contributed by atoms with Crippen LogP contribution in [0.25, 0.3) is 0 Å². The molecule has 1 aromatic rings. The van der Waals surface area contributed by atoms with Crippen LogP contribution >= 0.6 is 11.3 Å². The lowest BCUT2D eigenvalue weighted by Crippen LogP contribution is -2.37. The minimum atomic E-state index is 0.259. The van der Waals surface area contributed by atoms with Crippen LogP contribution in [0.2, 0.25) is 0 Å². The van der Waals surface area contributed by atoms with Crippen LogP contribution in [0.4, 0.5) is 0 Å². The van der Waals surface area contributed by atoms with Gasteiger partial charge in [0.1, 0.15) is 0 Å². The van der Waals surface area contributed by atoms with Crippen molar-refractivity contribution in [3.63, 3.8) is 0 Å². The van der Waals surface area contributed by atoms with Gasteiger partial charge in [-0.15, -0.1) is 11.3 Å². The summed E-state index contributed by atoms with van der Waals surface area (Å²) >= 11 is 1.88. The maximum atomic E-state index is 12.7. The first-order valence-electron chi connectivity index (χ1n) is 8.98. The fourth-order valence-electron chi connectivity index (χ4n) is 4.42. The van der Waals surface area contributed by atoms with Gasteiger partial charge in [0.05, 0.1) is 5.92 Å². The van der Waals surface area contributed by atoms with Gasteiger partial charge in [0.15, 0.2) is 0 Å². The number of carbonyl (C=O) groups excluding carboxylic acids is 1. The minimum Gasteiger partial charge on any atom is -0.341 e. The predicted octanol–water partition coefficient (Wildman–Crippen LogP) is 2.04. The molecule has 2 atom stereocenters. The number of fused-ring (bicyclic) bond motifs is 1. The maximum absolute atomic E-state index is 12.7. The Morgan fingerprint density at radius 1 is 1.09 bits per heavy atom. The largest absolute Gasteiger partial charge is 0.341 e. The zero-order chi connectivity index (χ0) is 15.8. The van der Waals surface area contributed by atoms with E-state index >= 15 is 0 Å². The molecule has 0 N–H and O–H groups in total. The second kappa shape index (κ2) is 6.54. The summed E-state index contributed by atoms with van der Waals surface area (Å²) in [5.41, 5.74) is 0. The molecule has 3 aliphatic heterocycles. The molecule has 4 heterocycles. The molecule has 1 aromatic heterocycles. The zero-order valence-corrected chi connectivity index (χ0v) is 14.9. The smallest absolute Gasteiger partial charge is 0.227 e. The monoisotopic (exact) mass is 333 g/mol. The molecule has 0 saturated carbocycles. The first kappa shape index (κ1) is 15.6. The number of rotatable bonds is 5. The van der Waals surface area contributed by atoms with Crippen molar-refractivity contribution in [2.45, 2.75) is 26.3 Å². The fourth-order valence-corrected chi connectivity index (χ4v) is 5.36. The molecule has 5 heteroatoms. The van der Waals surface area contributed by atoms with Crippen molar-refractivity contribution in [1.82, 2.24) is 14.7 Å². The van der Waals surface area contributed by atoms with Crippen LogP contribution < -0.4 is 0 Å². The zero-order valence-electron chi connectivity index (χ0n) is 14.0.